The Kier molecular flexibility index (Phi) is 6.56. The number of benzene rings is 8. The maximum atomic E-state index is 5.15. The number of rotatable bonds is 5. The van der Waals surface area contributed by atoms with Crippen LogP contribution in [0.2, 0.25) is 0 Å². The van der Waals surface area contributed by atoms with Gasteiger partial charge in [0.1, 0.15) is 0 Å². The van der Waals surface area contributed by atoms with E-state index in [1.54, 1.807) is 0 Å². The van der Waals surface area contributed by atoms with Crippen molar-refractivity contribution in [3.63, 3.8) is 0 Å². The van der Waals surface area contributed by atoms with E-state index in [0.29, 0.717) is 0 Å². The molecule has 4 aromatic heterocycles. The van der Waals surface area contributed by atoms with E-state index in [2.05, 4.69) is 214 Å². The highest BCUT2D eigenvalue weighted by atomic mass is 15.8. The van der Waals surface area contributed by atoms with Gasteiger partial charge >= 0.3 is 0 Å². The molecule has 0 unspecified atom stereocenters. The average molecular weight is 716 g/mol. The minimum absolute atomic E-state index is 0.927. The summed E-state index contributed by atoms with van der Waals surface area (Å²) in [5, 5.41) is 12.5. The molecule has 0 bridgehead atoms. The van der Waals surface area contributed by atoms with Crippen LogP contribution in [0.1, 0.15) is 0 Å². The smallest absolute Gasteiger partial charge is 0.186 e. The first-order valence-electron chi connectivity index (χ1n) is 19.1. The SMILES string of the molecule is c1ccc(-n2c3ccccc3c3cc(-c4ccc5c(c4)c4ccccc4n5-n4nc5c(-c6ccc(-c7ccc8ccccc8c7)cc6)cccn54)ccc32)cc1. The maximum absolute atomic E-state index is 5.15. The Balaban J connectivity index is 0.942. The third-order valence-corrected chi connectivity index (χ3v) is 11.4. The molecule has 12 rings (SSSR count). The molecule has 4 heterocycles. The highest BCUT2D eigenvalue weighted by Crippen LogP contribution is 2.38. The summed E-state index contributed by atoms with van der Waals surface area (Å²) in [6.45, 7) is 0. The van der Waals surface area contributed by atoms with E-state index in [0.717, 1.165) is 27.8 Å². The molecule has 5 nitrogen and oxygen atoms in total. The van der Waals surface area contributed by atoms with Crippen molar-refractivity contribution in [2.24, 2.45) is 0 Å². The Morgan fingerprint density at radius 1 is 0.357 bits per heavy atom. The zero-order valence-corrected chi connectivity index (χ0v) is 30.3. The van der Waals surface area contributed by atoms with Crippen molar-refractivity contribution in [3.8, 4) is 39.1 Å². The Bertz CT molecular complexity index is 3470. The lowest BCUT2D eigenvalue weighted by molar-refractivity contribution is 0.434. The topological polar surface area (TPSA) is 32.1 Å². The van der Waals surface area contributed by atoms with Crippen LogP contribution in [0.4, 0.5) is 0 Å². The summed E-state index contributed by atoms with van der Waals surface area (Å²) in [5.41, 5.74) is 13.7. The molecule has 8 aromatic carbocycles. The first kappa shape index (κ1) is 30.8. The average Bonchev–Trinajstić information content (AvgIpc) is 3.76. The molecule has 0 atom stereocenters. The van der Waals surface area contributed by atoms with Gasteiger partial charge in [-0.15, -0.1) is 5.10 Å². The first-order chi connectivity index (χ1) is 27.8. The van der Waals surface area contributed by atoms with Crippen molar-refractivity contribution in [2.45, 2.75) is 0 Å². The predicted octanol–water partition coefficient (Wildman–Crippen LogP) is 12.8. The zero-order chi connectivity index (χ0) is 36.7. The van der Waals surface area contributed by atoms with Crippen molar-refractivity contribution in [1.29, 1.82) is 0 Å². The number of fused-ring (bicyclic) bond motifs is 8. The molecule has 0 amide bonds. The summed E-state index contributed by atoms with van der Waals surface area (Å²) >= 11 is 0. The van der Waals surface area contributed by atoms with E-state index in [4.69, 9.17) is 5.10 Å². The highest BCUT2D eigenvalue weighted by molar-refractivity contribution is 6.12. The van der Waals surface area contributed by atoms with Crippen molar-refractivity contribution < 1.29 is 0 Å². The van der Waals surface area contributed by atoms with Gasteiger partial charge in [-0.3, -0.25) is 0 Å². The van der Waals surface area contributed by atoms with Crippen LogP contribution < -0.4 is 0 Å². The van der Waals surface area contributed by atoms with Gasteiger partial charge < -0.3 is 4.57 Å². The van der Waals surface area contributed by atoms with E-state index < -0.39 is 0 Å². The van der Waals surface area contributed by atoms with Crippen LogP contribution in [0.25, 0.3) is 99.1 Å². The van der Waals surface area contributed by atoms with Gasteiger partial charge in [-0.1, -0.05) is 132 Å². The Morgan fingerprint density at radius 2 is 0.911 bits per heavy atom. The molecule has 0 saturated heterocycles. The summed E-state index contributed by atoms with van der Waals surface area (Å²) in [6.07, 6.45) is 2.09. The number of hydrogen-bond donors (Lipinski definition) is 0. The summed E-state index contributed by atoms with van der Waals surface area (Å²) in [5.74, 6) is 0. The minimum atomic E-state index is 0.927. The second-order valence-electron chi connectivity index (χ2n) is 14.6. The minimum Gasteiger partial charge on any atom is -0.309 e. The van der Waals surface area contributed by atoms with Crippen molar-refractivity contribution in [2.75, 3.05) is 0 Å². The normalized spacial score (nSPS) is 11.9. The van der Waals surface area contributed by atoms with E-state index >= 15 is 0 Å². The molecule has 0 radical (unpaired) electrons. The van der Waals surface area contributed by atoms with Crippen LogP contribution in [0, 0.1) is 0 Å². The monoisotopic (exact) mass is 715 g/mol. The van der Waals surface area contributed by atoms with E-state index in [9.17, 15) is 0 Å². The number of aromatic nitrogens is 5. The Labute approximate surface area is 322 Å². The largest absolute Gasteiger partial charge is 0.309 e. The van der Waals surface area contributed by atoms with Gasteiger partial charge in [-0.2, -0.15) is 0 Å². The summed E-state index contributed by atoms with van der Waals surface area (Å²) in [4.78, 5) is 1.98. The molecule has 56 heavy (non-hydrogen) atoms. The van der Waals surface area contributed by atoms with Crippen LogP contribution in [0.3, 0.4) is 0 Å². The lowest BCUT2D eigenvalue weighted by Crippen LogP contribution is -2.27. The summed E-state index contributed by atoms with van der Waals surface area (Å²) < 4.78 is 6.73. The number of pyridine rings is 1. The third-order valence-electron chi connectivity index (χ3n) is 11.4. The van der Waals surface area contributed by atoms with Crippen molar-refractivity contribution in [3.05, 3.63) is 200 Å². The van der Waals surface area contributed by atoms with E-state index in [1.165, 1.54) is 71.3 Å². The lowest BCUT2D eigenvalue weighted by atomic mass is 9.98. The molecule has 12 aromatic rings. The fourth-order valence-electron chi connectivity index (χ4n) is 8.74. The molecule has 0 fully saturated rings. The van der Waals surface area contributed by atoms with Crippen LogP contribution in [-0.2, 0) is 0 Å². The molecular weight excluding hydrogens is 683 g/mol. The first-order valence-corrected chi connectivity index (χ1v) is 19.1. The number of nitrogens with zero attached hydrogens (tertiary/aromatic N) is 5. The fraction of sp³-hybridized carbons (Fsp3) is 0. The quantitative estimate of drug-likeness (QED) is 0.175. The number of para-hydroxylation sites is 3. The molecule has 262 valence electrons. The molecule has 0 aliphatic heterocycles. The predicted molar refractivity (Wildman–Crippen MR) is 232 cm³/mol. The van der Waals surface area contributed by atoms with Crippen LogP contribution >= 0.6 is 0 Å². The Hall–Kier alpha value is -7.63. The lowest BCUT2D eigenvalue weighted by Gasteiger charge is -2.20. The van der Waals surface area contributed by atoms with Crippen LogP contribution in [0.15, 0.2) is 200 Å². The zero-order valence-electron chi connectivity index (χ0n) is 30.3. The van der Waals surface area contributed by atoms with Gasteiger partial charge in [0.15, 0.2) is 5.65 Å². The summed E-state index contributed by atoms with van der Waals surface area (Å²) in [7, 11) is 0. The molecule has 0 aliphatic rings. The van der Waals surface area contributed by atoms with Gasteiger partial charge in [-0.25, -0.2) is 9.19 Å². The van der Waals surface area contributed by atoms with E-state index in [-0.39, 0.29) is 0 Å². The van der Waals surface area contributed by atoms with Gasteiger partial charge in [0, 0.05) is 39.0 Å². The number of hydrogen-bond acceptors (Lipinski definition) is 1. The van der Waals surface area contributed by atoms with Gasteiger partial charge in [0.25, 0.3) is 0 Å². The van der Waals surface area contributed by atoms with E-state index in [1.807, 2.05) is 4.91 Å². The van der Waals surface area contributed by atoms with Crippen LogP contribution in [0.5, 0.6) is 0 Å². The maximum Gasteiger partial charge on any atom is 0.186 e. The third kappa shape index (κ3) is 4.58. The fourth-order valence-corrected chi connectivity index (χ4v) is 8.74. The van der Waals surface area contributed by atoms with Crippen molar-refractivity contribution >= 4 is 60.0 Å². The molecule has 0 aliphatic carbocycles. The second kappa shape index (κ2) is 11.9. The molecular formula is C51H33N5. The van der Waals surface area contributed by atoms with Gasteiger partial charge in [0.2, 0.25) is 0 Å². The highest BCUT2D eigenvalue weighted by Gasteiger charge is 2.20. The standard InChI is InChI=1S/C51H33N5/c1-2-13-41(14-3-1)54-47-18-8-6-15-43(47)45-32-39(26-28-48(45)54)40-27-29-50-46(33-40)44-16-7-9-19-49(44)55(50)56-52-51-42(17-10-30-53(51)56)36-23-20-35(21-24-36)38-25-22-34-11-4-5-12-37(34)31-38/h1-33H. The molecule has 0 spiro atoms. The van der Waals surface area contributed by atoms with Crippen molar-refractivity contribution in [1.82, 2.24) is 23.8 Å². The van der Waals surface area contributed by atoms with Gasteiger partial charge in [-0.05, 0) is 105 Å². The Morgan fingerprint density at radius 3 is 1.71 bits per heavy atom. The molecule has 0 N–H and O–H groups in total. The molecule has 5 heteroatoms. The molecule has 0 saturated carbocycles. The van der Waals surface area contributed by atoms with Gasteiger partial charge in [0.05, 0.1) is 22.1 Å². The second-order valence-corrected chi connectivity index (χ2v) is 14.6. The van der Waals surface area contributed by atoms with Crippen LogP contribution in [-0.4, -0.2) is 23.8 Å². The summed E-state index contributed by atoms with van der Waals surface area (Å²) in [6, 6.07) is 69.9.